The fourth-order valence-corrected chi connectivity index (χ4v) is 4.20. The van der Waals surface area contributed by atoms with E-state index in [2.05, 4.69) is 19.9 Å². The topological polar surface area (TPSA) is 79.2 Å². The summed E-state index contributed by atoms with van der Waals surface area (Å²) >= 11 is 0. The molecular formula is C25H24F3N4O2. The van der Waals surface area contributed by atoms with Crippen LogP contribution in [0.1, 0.15) is 46.9 Å². The minimum Gasteiger partial charge on any atom is -0.504 e. The van der Waals surface area contributed by atoms with Crippen LogP contribution in [-0.4, -0.2) is 39.4 Å². The summed E-state index contributed by atoms with van der Waals surface area (Å²) in [6, 6.07) is 10.5. The van der Waals surface area contributed by atoms with E-state index in [9.17, 15) is 23.1 Å². The van der Waals surface area contributed by atoms with Crippen LogP contribution >= 0.6 is 0 Å². The Labute approximate surface area is 195 Å². The minimum absolute atomic E-state index is 0.0906. The Balaban J connectivity index is 1.32. The highest BCUT2D eigenvalue weighted by Crippen LogP contribution is 2.29. The van der Waals surface area contributed by atoms with Gasteiger partial charge in [-0.3, -0.25) is 9.78 Å². The van der Waals surface area contributed by atoms with Gasteiger partial charge in [0.1, 0.15) is 11.5 Å². The summed E-state index contributed by atoms with van der Waals surface area (Å²) in [6.45, 7) is 3.38. The number of nitrogens with zero attached hydrogens (tertiary/aromatic N) is 4. The van der Waals surface area contributed by atoms with Crippen molar-refractivity contribution in [2.45, 2.75) is 38.8 Å². The molecule has 1 aliphatic heterocycles. The molecule has 0 saturated carbocycles. The lowest BCUT2D eigenvalue weighted by atomic mass is 9.92. The second-order valence-corrected chi connectivity index (χ2v) is 8.55. The molecule has 1 aromatic carbocycles. The van der Waals surface area contributed by atoms with Crippen LogP contribution < -0.4 is 4.90 Å². The SMILES string of the molecule is Cc1nc(CC2CCN(c3ccc(Cc4ccc(C(F)(F)F)nc4)cc3)CC2)nc([C]=O)c1O. The number of rotatable bonds is 6. The molecular weight excluding hydrogens is 445 g/mol. The number of aryl methyl sites for hydroxylation is 1. The largest absolute Gasteiger partial charge is 0.504 e. The van der Waals surface area contributed by atoms with Gasteiger partial charge in [0.05, 0.1) is 5.69 Å². The molecule has 2 aromatic heterocycles. The third-order valence-corrected chi connectivity index (χ3v) is 6.11. The first-order chi connectivity index (χ1) is 16.2. The maximum Gasteiger partial charge on any atom is 0.433 e. The van der Waals surface area contributed by atoms with Crippen molar-refractivity contribution in [3.63, 3.8) is 0 Å². The normalized spacial score (nSPS) is 14.9. The van der Waals surface area contributed by atoms with Crippen LogP contribution in [0.4, 0.5) is 18.9 Å². The van der Waals surface area contributed by atoms with Gasteiger partial charge in [-0.25, -0.2) is 9.97 Å². The summed E-state index contributed by atoms with van der Waals surface area (Å²) in [4.78, 5) is 25.2. The molecule has 4 rings (SSSR count). The highest BCUT2D eigenvalue weighted by molar-refractivity contribution is 5.76. The molecule has 0 spiro atoms. The fraction of sp³-hybridized carbons (Fsp3) is 0.360. The summed E-state index contributed by atoms with van der Waals surface area (Å²) in [5.74, 6) is 0.715. The Morgan fingerprint density at radius 1 is 1.06 bits per heavy atom. The molecule has 0 amide bonds. The van der Waals surface area contributed by atoms with E-state index in [-0.39, 0.29) is 11.4 Å². The zero-order valence-electron chi connectivity index (χ0n) is 18.6. The molecule has 1 saturated heterocycles. The average Bonchev–Trinajstić information content (AvgIpc) is 2.82. The van der Waals surface area contributed by atoms with Gasteiger partial charge in [-0.05, 0) is 61.4 Å². The molecule has 1 N–H and O–H groups in total. The van der Waals surface area contributed by atoms with Crippen LogP contribution in [0.2, 0.25) is 0 Å². The summed E-state index contributed by atoms with van der Waals surface area (Å²) in [5.41, 5.74) is 2.23. The van der Waals surface area contributed by atoms with E-state index in [1.807, 2.05) is 24.3 Å². The van der Waals surface area contributed by atoms with Gasteiger partial charge in [-0.2, -0.15) is 13.2 Å². The van der Waals surface area contributed by atoms with E-state index in [0.717, 1.165) is 48.8 Å². The van der Waals surface area contributed by atoms with Crippen molar-refractivity contribution in [1.82, 2.24) is 15.0 Å². The van der Waals surface area contributed by atoms with Crippen LogP contribution in [0.15, 0.2) is 42.6 Å². The van der Waals surface area contributed by atoms with Crippen molar-refractivity contribution < 1.29 is 23.1 Å². The molecule has 0 atom stereocenters. The van der Waals surface area contributed by atoms with Gasteiger partial charge in [-0.15, -0.1) is 0 Å². The monoisotopic (exact) mass is 469 g/mol. The highest BCUT2D eigenvalue weighted by Gasteiger charge is 2.32. The van der Waals surface area contributed by atoms with Gasteiger partial charge in [0.2, 0.25) is 0 Å². The van der Waals surface area contributed by atoms with E-state index in [0.29, 0.717) is 30.3 Å². The average molecular weight is 469 g/mol. The molecule has 177 valence electrons. The zero-order chi connectivity index (χ0) is 24.3. The lowest BCUT2D eigenvalue weighted by Crippen LogP contribution is -2.34. The number of anilines is 1. The predicted octanol–water partition coefficient (Wildman–Crippen LogP) is 4.41. The molecule has 1 aliphatic rings. The first-order valence-corrected chi connectivity index (χ1v) is 11.0. The second-order valence-electron chi connectivity index (χ2n) is 8.55. The number of carbonyl (C=O) groups excluding carboxylic acids is 1. The van der Waals surface area contributed by atoms with E-state index in [1.165, 1.54) is 12.3 Å². The van der Waals surface area contributed by atoms with Gasteiger partial charge in [0.25, 0.3) is 6.29 Å². The van der Waals surface area contributed by atoms with Crippen molar-refractivity contribution in [3.8, 4) is 5.75 Å². The lowest BCUT2D eigenvalue weighted by Gasteiger charge is -2.33. The Bertz CT molecular complexity index is 1140. The van der Waals surface area contributed by atoms with Crippen molar-refractivity contribution in [3.05, 3.63) is 76.6 Å². The maximum atomic E-state index is 12.7. The summed E-state index contributed by atoms with van der Waals surface area (Å²) in [5, 5.41) is 9.79. The molecule has 1 fully saturated rings. The number of aromatic hydroxyl groups is 1. The smallest absolute Gasteiger partial charge is 0.433 e. The number of aromatic nitrogens is 3. The molecule has 6 nitrogen and oxygen atoms in total. The highest BCUT2D eigenvalue weighted by atomic mass is 19.4. The van der Waals surface area contributed by atoms with Crippen LogP contribution in [0.25, 0.3) is 0 Å². The van der Waals surface area contributed by atoms with Gasteiger partial charge >= 0.3 is 6.18 Å². The van der Waals surface area contributed by atoms with Crippen molar-refractivity contribution in [2.24, 2.45) is 5.92 Å². The van der Waals surface area contributed by atoms with E-state index >= 15 is 0 Å². The Morgan fingerprint density at radius 2 is 1.74 bits per heavy atom. The molecule has 1 radical (unpaired) electrons. The third kappa shape index (κ3) is 5.52. The minimum atomic E-state index is -4.43. The number of alkyl halides is 3. The van der Waals surface area contributed by atoms with Crippen molar-refractivity contribution in [2.75, 3.05) is 18.0 Å². The zero-order valence-corrected chi connectivity index (χ0v) is 18.6. The standard InChI is InChI=1S/C25H24F3N4O2/c1-16-24(34)21(15-33)31-23(30-16)13-18-8-10-32(11-9-18)20-5-2-17(3-6-20)12-19-4-7-22(29-14-19)25(26,27)28/h2-7,14,18,34H,8-13H2,1H3. The number of pyridine rings is 1. The Hall–Kier alpha value is -3.49. The summed E-state index contributed by atoms with van der Waals surface area (Å²) < 4.78 is 38.0. The number of piperidine rings is 1. The molecule has 0 aliphatic carbocycles. The molecule has 3 aromatic rings. The number of hydrogen-bond acceptors (Lipinski definition) is 6. The maximum absolute atomic E-state index is 12.7. The van der Waals surface area contributed by atoms with Crippen LogP contribution in [0.5, 0.6) is 5.75 Å². The van der Waals surface area contributed by atoms with Crippen LogP contribution in [0, 0.1) is 12.8 Å². The van der Waals surface area contributed by atoms with Crippen LogP contribution in [0.3, 0.4) is 0 Å². The van der Waals surface area contributed by atoms with E-state index < -0.39 is 11.9 Å². The quantitative estimate of drug-likeness (QED) is 0.576. The van der Waals surface area contributed by atoms with Gasteiger partial charge < -0.3 is 10.0 Å². The van der Waals surface area contributed by atoms with E-state index in [4.69, 9.17) is 0 Å². The second kappa shape index (κ2) is 9.79. The summed E-state index contributed by atoms with van der Waals surface area (Å²) in [6.07, 6.45) is 1.56. The van der Waals surface area contributed by atoms with Crippen molar-refractivity contribution >= 4 is 12.0 Å². The fourth-order valence-electron chi connectivity index (χ4n) is 4.20. The Morgan fingerprint density at radius 3 is 2.32 bits per heavy atom. The first kappa shape index (κ1) is 23.7. The predicted molar refractivity (Wildman–Crippen MR) is 120 cm³/mol. The number of halogens is 3. The number of hydrogen-bond donors (Lipinski definition) is 1. The number of benzene rings is 1. The lowest BCUT2D eigenvalue weighted by molar-refractivity contribution is -0.141. The van der Waals surface area contributed by atoms with E-state index in [1.54, 1.807) is 13.2 Å². The first-order valence-electron chi connectivity index (χ1n) is 11.0. The molecule has 9 heteroatoms. The third-order valence-electron chi connectivity index (χ3n) is 6.11. The van der Waals surface area contributed by atoms with Crippen LogP contribution in [-0.2, 0) is 23.8 Å². The van der Waals surface area contributed by atoms with Gasteiger partial charge in [-0.1, -0.05) is 18.2 Å². The molecule has 3 heterocycles. The van der Waals surface area contributed by atoms with Gasteiger partial charge in [0.15, 0.2) is 11.4 Å². The molecule has 34 heavy (non-hydrogen) atoms. The van der Waals surface area contributed by atoms with Crippen molar-refractivity contribution in [1.29, 1.82) is 0 Å². The molecule has 0 bridgehead atoms. The van der Waals surface area contributed by atoms with Gasteiger partial charge in [0, 0.05) is 31.4 Å². The Kier molecular flexibility index (Phi) is 6.81. The summed E-state index contributed by atoms with van der Waals surface area (Å²) in [7, 11) is 0. The molecule has 0 unspecified atom stereocenters.